The quantitative estimate of drug-likeness (QED) is 0.657. The van der Waals surface area contributed by atoms with E-state index in [0.717, 1.165) is 12.2 Å². The summed E-state index contributed by atoms with van der Waals surface area (Å²) in [6.07, 6.45) is 4.11. The van der Waals surface area contributed by atoms with Crippen molar-refractivity contribution in [1.29, 1.82) is 0 Å². The standard InChI is InChI=1S/C10H18N4O/c1-3-10(2,7-11)9(15)14-6-8-12-4-5-13-8/h4-5H,3,6-7,11H2,1-2H3,(H,12,13)(H,14,15). The van der Waals surface area contributed by atoms with Crippen molar-refractivity contribution in [1.82, 2.24) is 15.3 Å². The molecule has 0 fully saturated rings. The van der Waals surface area contributed by atoms with Gasteiger partial charge in [0.05, 0.1) is 12.0 Å². The van der Waals surface area contributed by atoms with Gasteiger partial charge in [-0.1, -0.05) is 6.92 Å². The molecule has 15 heavy (non-hydrogen) atoms. The fourth-order valence-corrected chi connectivity index (χ4v) is 1.17. The molecule has 4 N–H and O–H groups in total. The Kier molecular flexibility index (Phi) is 3.85. The first-order valence-corrected chi connectivity index (χ1v) is 5.09. The zero-order chi connectivity index (χ0) is 11.3. The number of carbonyl (C=O) groups excluding carboxylic acids is 1. The Bertz CT molecular complexity index is 303. The molecule has 0 spiro atoms. The fraction of sp³-hybridized carbons (Fsp3) is 0.600. The Morgan fingerprint density at radius 1 is 1.73 bits per heavy atom. The molecule has 0 aliphatic heterocycles. The molecular weight excluding hydrogens is 192 g/mol. The minimum Gasteiger partial charge on any atom is -0.348 e. The Morgan fingerprint density at radius 2 is 2.47 bits per heavy atom. The van der Waals surface area contributed by atoms with Crippen LogP contribution in [0.4, 0.5) is 0 Å². The highest BCUT2D eigenvalue weighted by Crippen LogP contribution is 2.18. The van der Waals surface area contributed by atoms with Gasteiger partial charge in [0.2, 0.25) is 5.91 Å². The SMILES string of the molecule is CCC(C)(CN)C(=O)NCc1ncc[nH]1. The van der Waals surface area contributed by atoms with Crippen LogP contribution in [0.25, 0.3) is 0 Å². The summed E-state index contributed by atoms with van der Waals surface area (Å²) in [5, 5.41) is 2.81. The molecule has 1 atom stereocenters. The van der Waals surface area contributed by atoms with Crippen LogP contribution in [-0.2, 0) is 11.3 Å². The monoisotopic (exact) mass is 210 g/mol. The van der Waals surface area contributed by atoms with Gasteiger partial charge in [-0.2, -0.15) is 0 Å². The minimum atomic E-state index is -0.480. The van der Waals surface area contributed by atoms with E-state index < -0.39 is 5.41 Å². The molecule has 5 nitrogen and oxygen atoms in total. The highest BCUT2D eigenvalue weighted by atomic mass is 16.2. The van der Waals surface area contributed by atoms with Gasteiger partial charge in [0.1, 0.15) is 5.82 Å². The number of H-pyrrole nitrogens is 1. The zero-order valence-corrected chi connectivity index (χ0v) is 9.21. The normalized spacial score (nSPS) is 14.6. The third kappa shape index (κ3) is 2.79. The Morgan fingerprint density at radius 3 is 2.93 bits per heavy atom. The molecule has 1 amide bonds. The molecule has 0 aliphatic carbocycles. The van der Waals surface area contributed by atoms with Crippen LogP contribution in [0.3, 0.4) is 0 Å². The van der Waals surface area contributed by atoms with E-state index >= 15 is 0 Å². The molecule has 0 radical (unpaired) electrons. The maximum Gasteiger partial charge on any atom is 0.227 e. The summed E-state index contributed by atoms with van der Waals surface area (Å²) < 4.78 is 0. The highest BCUT2D eigenvalue weighted by Gasteiger charge is 2.29. The molecule has 0 aromatic carbocycles. The molecule has 5 heteroatoms. The average molecular weight is 210 g/mol. The number of nitrogens with one attached hydrogen (secondary N) is 2. The Labute approximate surface area is 89.5 Å². The van der Waals surface area contributed by atoms with Gasteiger partial charge in [-0.25, -0.2) is 4.98 Å². The van der Waals surface area contributed by atoms with E-state index in [-0.39, 0.29) is 5.91 Å². The van der Waals surface area contributed by atoms with Gasteiger partial charge >= 0.3 is 0 Å². The smallest absolute Gasteiger partial charge is 0.227 e. The molecule has 0 saturated carbocycles. The van der Waals surface area contributed by atoms with Gasteiger partial charge in [-0.3, -0.25) is 4.79 Å². The van der Waals surface area contributed by atoms with Crippen molar-refractivity contribution >= 4 is 5.91 Å². The van der Waals surface area contributed by atoms with Crippen molar-refractivity contribution in [3.8, 4) is 0 Å². The Balaban J connectivity index is 2.48. The minimum absolute atomic E-state index is 0.0242. The first kappa shape index (κ1) is 11.7. The number of hydrogen-bond donors (Lipinski definition) is 3. The predicted molar refractivity (Wildman–Crippen MR) is 57.9 cm³/mol. The number of nitrogens with zero attached hydrogens (tertiary/aromatic N) is 1. The van der Waals surface area contributed by atoms with Crippen LogP contribution in [0.15, 0.2) is 12.4 Å². The number of nitrogens with two attached hydrogens (primary N) is 1. The molecule has 1 rings (SSSR count). The van der Waals surface area contributed by atoms with Crippen molar-refractivity contribution in [2.75, 3.05) is 6.54 Å². The third-order valence-corrected chi connectivity index (χ3v) is 2.75. The van der Waals surface area contributed by atoms with Crippen LogP contribution in [0, 0.1) is 5.41 Å². The number of carbonyl (C=O) groups is 1. The maximum absolute atomic E-state index is 11.8. The summed E-state index contributed by atoms with van der Waals surface area (Å²) in [6.45, 7) is 4.60. The molecule has 1 aromatic heterocycles. The van der Waals surface area contributed by atoms with E-state index in [1.807, 2.05) is 13.8 Å². The first-order chi connectivity index (χ1) is 7.12. The number of rotatable bonds is 5. The molecule has 84 valence electrons. The maximum atomic E-state index is 11.8. The second kappa shape index (κ2) is 4.93. The van der Waals surface area contributed by atoms with Crippen LogP contribution in [0.2, 0.25) is 0 Å². The largest absolute Gasteiger partial charge is 0.348 e. The van der Waals surface area contributed by atoms with E-state index in [0.29, 0.717) is 13.1 Å². The van der Waals surface area contributed by atoms with Gasteiger partial charge in [0.25, 0.3) is 0 Å². The number of aromatic amines is 1. The van der Waals surface area contributed by atoms with Crippen LogP contribution in [-0.4, -0.2) is 22.4 Å². The predicted octanol–water partition coefficient (Wildman–Crippen LogP) is 0.401. The highest BCUT2D eigenvalue weighted by molar-refractivity contribution is 5.82. The van der Waals surface area contributed by atoms with Crippen molar-refractivity contribution in [2.24, 2.45) is 11.1 Å². The summed E-state index contributed by atoms with van der Waals surface area (Å²) in [5.74, 6) is 0.725. The van der Waals surface area contributed by atoms with Gasteiger partial charge < -0.3 is 16.0 Å². The van der Waals surface area contributed by atoms with E-state index in [1.54, 1.807) is 12.4 Å². The van der Waals surface area contributed by atoms with Gasteiger partial charge in [0, 0.05) is 18.9 Å². The van der Waals surface area contributed by atoms with Gasteiger partial charge in [-0.05, 0) is 13.3 Å². The summed E-state index contributed by atoms with van der Waals surface area (Å²) in [5.41, 5.74) is 5.10. The van der Waals surface area contributed by atoms with Crippen LogP contribution < -0.4 is 11.1 Å². The number of imidazole rings is 1. The van der Waals surface area contributed by atoms with Crippen molar-refractivity contribution < 1.29 is 4.79 Å². The van der Waals surface area contributed by atoms with Crippen LogP contribution >= 0.6 is 0 Å². The third-order valence-electron chi connectivity index (χ3n) is 2.75. The van der Waals surface area contributed by atoms with Crippen LogP contribution in [0.1, 0.15) is 26.1 Å². The topological polar surface area (TPSA) is 83.8 Å². The lowest BCUT2D eigenvalue weighted by Crippen LogP contribution is -2.43. The van der Waals surface area contributed by atoms with Crippen molar-refractivity contribution in [2.45, 2.75) is 26.8 Å². The summed E-state index contributed by atoms with van der Waals surface area (Å²) in [6, 6.07) is 0. The van der Waals surface area contributed by atoms with E-state index in [4.69, 9.17) is 5.73 Å². The molecule has 1 unspecified atom stereocenters. The fourth-order valence-electron chi connectivity index (χ4n) is 1.17. The molecule has 0 bridgehead atoms. The number of aromatic nitrogens is 2. The lowest BCUT2D eigenvalue weighted by Gasteiger charge is -2.24. The molecule has 1 aromatic rings. The molecule has 0 aliphatic rings. The molecule has 1 heterocycles. The molecular formula is C10H18N4O. The van der Waals surface area contributed by atoms with Crippen molar-refractivity contribution in [3.63, 3.8) is 0 Å². The van der Waals surface area contributed by atoms with E-state index in [2.05, 4.69) is 15.3 Å². The van der Waals surface area contributed by atoms with Gasteiger partial charge in [-0.15, -0.1) is 0 Å². The Hall–Kier alpha value is -1.36. The van der Waals surface area contributed by atoms with E-state index in [9.17, 15) is 4.79 Å². The summed E-state index contributed by atoms with van der Waals surface area (Å²) >= 11 is 0. The number of amides is 1. The van der Waals surface area contributed by atoms with Gasteiger partial charge in [0.15, 0.2) is 0 Å². The second-order valence-corrected chi connectivity index (χ2v) is 3.84. The number of hydrogen-bond acceptors (Lipinski definition) is 3. The van der Waals surface area contributed by atoms with E-state index in [1.165, 1.54) is 0 Å². The molecule has 0 saturated heterocycles. The lowest BCUT2D eigenvalue weighted by atomic mass is 9.87. The van der Waals surface area contributed by atoms with Crippen molar-refractivity contribution in [3.05, 3.63) is 18.2 Å². The second-order valence-electron chi connectivity index (χ2n) is 3.84. The summed E-state index contributed by atoms with van der Waals surface area (Å²) in [7, 11) is 0. The summed E-state index contributed by atoms with van der Waals surface area (Å²) in [4.78, 5) is 18.7. The van der Waals surface area contributed by atoms with Crippen LogP contribution in [0.5, 0.6) is 0 Å². The zero-order valence-electron chi connectivity index (χ0n) is 9.21. The average Bonchev–Trinajstić information content (AvgIpc) is 2.77. The first-order valence-electron chi connectivity index (χ1n) is 5.09. The lowest BCUT2D eigenvalue weighted by molar-refractivity contribution is -0.130.